The van der Waals surface area contributed by atoms with Crippen LogP contribution in [0.1, 0.15) is 68.7 Å². The number of ether oxygens (including phenoxy) is 2. The van der Waals surface area contributed by atoms with Gasteiger partial charge in [-0.3, -0.25) is 14.5 Å². The molecule has 1 aliphatic heterocycles. The second kappa shape index (κ2) is 14.6. The van der Waals surface area contributed by atoms with Crippen LogP contribution in [-0.4, -0.2) is 123 Å². The highest BCUT2D eigenvalue weighted by atomic mass is 16.6. The van der Waals surface area contributed by atoms with Gasteiger partial charge in [-0.05, 0) is 31.6 Å². The zero-order valence-electron chi connectivity index (χ0n) is 25.1. The maximum Gasteiger partial charge on any atom is 0.320 e. The van der Waals surface area contributed by atoms with Crippen molar-refractivity contribution in [3.8, 4) is 0 Å². The van der Waals surface area contributed by atoms with Crippen molar-refractivity contribution < 1.29 is 19.1 Å². The number of methoxy groups -OCH3 is 1. The average molecular weight is 513 g/mol. The van der Waals surface area contributed by atoms with E-state index in [4.69, 9.17) is 9.47 Å². The second-order valence-electron chi connectivity index (χ2n) is 13.7. The molecule has 0 amide bonds. The first-order valence-electron chi connectivity index (χ1n) is 13.6. The maximum atomic E-state index is 12.7. The summed E-state index contributed by atoms with van der Waals surface area (Å²) in [6.45, 7) is 29.5. The van der Waals surface area contributed by atoms with E-state index in [1.54, 1.807) is 0 Å². The van der Waals surface area contributed by atoms with Crippen LogP contribution >= 0.6 is 0 Å². The van der Waals surface area contributed by atoms with Crippen molar-refractivity contribution in [3.63, 3.8) is 0 Å². The summed E-state index contributed by atoms with van der Waals surface area (Å²) < 4.78 is 10.5. The van der Waals surface area contributed by atoms with Gasteiger partial charge in [0, 0.05) is 72.0 Å². The van der Waals surface area contributed by atoms with Gasteiger partial charge >= 0.3 is 11.9 Å². The molecule has 212 valence electrons. The quantitative estimate of drug-likeness (QED) is 0.482. The van der Waals surface area contributed by atoms with E-state index >= 15 is 0 Å². The molecule has 0 radical (unpaired) electrons. The Balaban J connectivity index is 3.05. The molecule has 8 heteroatoms. The first-order chi connectivity index (χ1) is 16.5. The first kappa shape index (κ1) is 32.8. The van der Waals surface area contributed by atoms with Crippen LogP contribution < -0.4 is 0 Å². The molecule has 1 heterocycles. The molecule has 0 bridgehead atoms. The summed E-state index contributed by atoms with van der Waals surface area (Å²) in [6.07, 6.45) is 0.376. The van der Waals surface area contributed by atoms with E-state index in [1.165, 1.54) is 7.11 Å². The van der Waals surface area contributed by atoms with Gasteiger partial charge in [0.05, 0.1) is 20.1 Å². The van der Waals surface area contributed by atoms with Gasteiger partial charge in [0.1, 0.15) is 5.60 Å². The number of hydrogen-bond acceptors (Lipinski definition) is 8. The smallest absolute Gasteiger partial charge is 0.320 e. The van der Waals surface area contributed by atoms with Crippen LogP contribution in [0.25, 0.3) is 0 Å². The third-order valence-electron chi connectivity index (χ3n) is 5.96. The van der Waals surface area contributed by atoms with Gasteiger partial charge in [0.2, 0.25) is 0 Å². The Labute approximate surface area is 221 Å². The molecule has 1 aliphatic rings. The van der Waals surface area contributed by atoms with Crippen LogP contribution in [0.3, 0.4) is 0 Å². The number of carbonyl (C=O) groups excluding carboxylic acids is 2. The van der Waals surface area contributed by atoms with Crippen LogP contribution in [0.2, 0.25) is 0 Å². The maximum absolute atomic E-state index is 12.7. The molecule has 0 aromatic rings. The average Bonchev–Trinajstić information content (AvgIpc) is 2.69. The normalized spacial score (nSPS) is 19.4. The monoisotopic (exact) mass is 512 g/mol. The molecule has 1 fully saturated rings. The molecular weight excluding hydrogens is 456 g/mol. The fourth-order valence-electron chi connectivity index (χ4n) is 4.53. The van der Waals surface area contributed by atoms with Crippen LogP contribution in [-0.2, 0) is 19.1 Å². The van der Waals surface area contributed by atoms with Crippen molar-refractivity contribution in [2.24, 2.45) is 10.8 Å². The zero-order valence-corrected chi connectivity index (χ0v) is 25.1. The Morgan fingerprint density at radius 3 is 1.36 bits per heavy atom. The molecule has 0 spiro atoms. The molecule has 0 aromatic carbocycles. The largest absolute Gasteiger partial charge is 0.469 e. The predicted octanol–water partition coefficient (Wildman–Crippen LogP) is 3.21. The highest BCUT2D eigenvalue weighted by Crippen LogP contribution is 2.18. The highest BCUT2D eigenvalue weighted by Gasteiger charge is 2.24. The summed E-state index contributed by atoms with van der Waals surface area (Å²) in [5.74, 6) is -0.370. The van der Waals surface area contributed by atoms with E-state index < -0.39 is 5.60 Å². The van der Waals surface area contributed by atoms with Crippen molar-refractivity contribution >= 4 is 11.9 Å². The van der Waals surface area contributed by atoms with Gasteiger partial charge in [0.15, 0.2) is 0 Å². The second-order valence-corrected chi connectivity index (χ2v) is 13.7. The van der Waals surface area contributed by atoms with Gasteiger partial charge in [-0.25, -0.2) is 0 Å². The molecule has 0 saturated carbocycles. The molecule has 1 saturated heterocycles. The minimum Gasteiger partial charge on any atom is -0.469 e. The Bertz CT molecular complexity index is 664. The summed E-state index contributed by atoms with van der Waals surface area (Å²) >= 11 is 0. The van der Waals surface area contributed by atoms with E-state index in [-0.39, 0.29) is 29.3 Å². The Morgan fingerprint density at radius 1 is 0.611 bits per heavy atom. The summed E-state index contributed by atoms with van der Waals surface area (Å²) in [5, 5.41) is 0. The number of rotatable bonds is 7. The minimum atomic E-state index is -0.495. The fourth-order valence-corrected chi connectivity index (χ4v) is 4.53. The molecule has 1 rings (SSSR count). The van der Waals surface area contributed by atoms with Crippen LogP contribution in [0.4, 0.5) is 0 Å². The van der Waals surface area contributed by atoms with Gasteiger partial charge in [-0.15, -0.1) is 0 Å². The van der Waals surface area contributed by atoms with Crippen molar-refractivity contribution in [2.75, 3.05) is 85.6 Å². The minimum absolute atomic E-state index is 0.184. The lowest BCUT2D eigenvalue weighted by Crippen LogP contribution is -2.49. The van der Waals surface area contributed by atoms with Crippen LogP contribution in [0, 0.1) is 10.8 Å². The zero-order chi connectivity index (χ0) is 27.6. The molecule has 0 N–H and O–H groups in total. The van der Waals surface area contributed by atoms with Gasteiger partial charge in [-0.2, -0.15) is 0 Å². The standard InChI is InChI=1S/C28H56N4O4/c1-26(2,3)22-31-17-14-29(12-11-24(33)35-10)13-15-30(21-25(34)36-28(7,8)9)16-18-32(20-19-31)23-27(4,5)6/h11-23H2,1-10H3. The van der Waals surface area contributed by atoms with Crippen molar-refractivity contribution in [1.82, 2.24) is 19.6 Å². The Morgan fingerprint density at radius 2 is 1.00 bits per heavy atom. The summed E-state index contributed by atoms with van der Waals surface area (Å²) in [4.78, 5) is 34.2. The molecule has 0 unspecified atom stereocenters. The van der Waals surface area contributed by atoms with Gasteiger partial charge < -0.3 is 24.2 Å². The molecule has 0 aromatic heterocycles. The summed E-state index contributed by atoms with van der Waals surface area (Å²) in [7, 11) is 1.44. The first-order valence-corrected chi connectivity index (χ1v) is 13.6. The Kier molecular flexibility index (Phi) is 13.3. The van der Waals surface area contributed by atoms with E-state index in [0.717, 1.165) is 65.4 Å². The number of carbonyl (C=O) groups is 2. The number of esters is 2. The molecular formula is C28H56N4O4. The Hall–Kier alpha value is -1.22. The van der Waals surface area contributed by atoms with Crippen molar-refractivity contribution in [2.45, 2.75) is 74.3 Å². The topological polar surface area (TPSA) is 65.6 Å². The molecule has 8 nitrogen and oxygen atoms in total. The number of hydrogen-bond donors (Lipinski definition) is 0. The van der Waals surface area contributed by atoms with E-state index in [2.05, 4.69) is 61.1 Å². The summed E-state index contributed by atoms with van der Waals surface area (Å²) in [6, 6.07) is 0. The predicted molar refractivity (Wildman–Crippen MR) is 147 cm³/mol. The lowest BCUT2D eigenvalue weighted by atomic mass is 9.95. The molecule has 0 aliphatic carbocycles. The SMILES string of the molecule is COC(=O)CCN1CCN(CC(=O)OC(C)(C)C)CCN(CC(C)(C)C)CCN(CC(C)(C)C)CC1. The fraction of sp³-hybridized carbons (Fsp3) is 0.929. The molecule has 36 heavy (non-hydrogen) atoms. The third-order valence-corrected chi connectivity index (χ3v) is 5.96. The van der Waals surface area contributed by atoms with E-state index in [1.807, 2.05) is 20.8 Å². The van der Waals surface area contributed by atoms with E-state index in [9.17, 15) is 9.59 Å². The summed E-state index contributed by atoms with van der Waals surface area (Å²) in [5.41, 5.74) is -0.0789. The lowest BCUT2D eigenvalue weighted by molar-refractivity contribution is -0.156. The van der Waals surface area contributed by atoms with Crippen LogP contribution in [0.5, 0.6) is 0 Å². The lowest BCUT2D eigenvalue weighted by Gasteiger charge is -2.37. The van der Waals surface area contributed by atoms with Gasteiger partial charge in [0.25, 0.3) is 0 Å². The van der Waals surface area contributed by atoms with Crippen LogP contribution in [0.15, 0.2) is 0 Å². The molecule has 0 atom stereocenters. The van der Waals surface area contributed by atoms with Crippen molar-refractivity contribution in [3.05, 3.63) is 0 Å². The van der Waals surface area contributed by atoms with E-state index in [0.29, 0.717) is 13.0 Å². The number of nitrogens with zero attached hydrogens (tertiary/aromatic N) is 4. The van der Waals surface area contributed by atoms with Gasteiger partial charge in [-0.1, -0.05) is 41.5 Å². The highest BCUT2D eigenvalue weighted by molar-refractivity contribution is 5.72. The van der Waals surface area contributed by atoms with Crippen molar-refractivity contribution in [1.29, 1.82) is 0 Å². The third kappa shape index (κ3) is 16.5.